The first-order valence-corrected chi connectivity index (χ1v) is 14.1. The van der Waals surface area contributed by atoms with Gasteiger partial charge in [0.1, 0.15) is 7.57 Å². The molecule has 0 spiro atoms. The Morgan fingerprint density at radius 3 is 1.68 bits per heavy atom. The van der Waals surface area contributed by atoms with Gasteiger partial charge in [-0.3, -0.25) is 0 Å². The molecular weight excluding hydrogens is 353 g/mol. The zero-order valence-corrected chi connectivity index (χ0v) is 17.6. The van der Waals surface area contributed by atoms with Gasteiger partial charge in [-0.2, -0.15) is 0 Å². The highest BCUT2D eigenvalue weighted by molar-refractivity contribution is 8.16. The number of aryl methyl sites for hydroxylation is 1. The average molecular weight is 380 g/mol. The van der Waals surface area contributed by atoms with Crippen LogP contribution in [0, 0.1) is 6.92 Å². The minimum Gasteiger partial charge on any atom is -0.0653 e. The van der Waals surface area contributed by atoms with Crippen LogP contribution in [-0.4, -0.2) is 15.6 Å². The maximum Gasteiger partial charge on any atom is 0.144 e. The predicted molar refractivity (Wildman–Crippen MR) is 125 cm³/mol. The highest BCUT2D eigenvalue weighted by atomic mass is 31.2. The smallest absolute Gasteiger partial charge is 0.0653 e. The van der Waals surface area contributed by atoms with Crippen molar-refractivity contribution < 1.29 is 0 Å². The molecule has 25 heavy (non-hydrogen) atoms. The van der Waals surface area contributed by atoms with Crippen LogP contribution in [0.15, 0.2) is 72.8 Å². The van der Waals surface area contributed by atoms with Crippen LogP contribution >= 0.6 is 15.3 Å². The molecule has 1 heterocycles. The van der Waals surface area contributed by atoms with E-state index in [-0.39, 0.29) is 7.57 Å². The fraction of sp³-hybridized carbons (Fsp3) is 0.190. The molecule has 0 N–H and O–H groups in total. The lowest BCUT2D eigenvalue weighted by Crippen LogP contribution is -2.38. The summed E-state index contributed by atoms with van der Waals surface area (Å²) in [6.07, 6.45) is 0. The Kier molecular flexibility index (Phi) is 5.35. The van der Waals surface area contributed by atoms with Crippen molar-refractivity contribution in [1.29, 1.82) is 0 Å². The number of hydrogen-bond donors (Lipinski definition) is 0. The van der Waals surface area contributed by atoms with Crippen molar-refractivity contribution in [2.24, 2.45) is 0 Å². The Hall–Kier alpha value is -1.20. The Morgan fingerprint density at radius 1 is 0.760 bits per heavy atom. The maximum absolute atomic E-state index is 2.48. The second kappa shape index (κ2) is 7.20. The number of rotatable bonds is 4. The van der Waals surface area contributed by atoms with E-state index in [1.807, 2.05) is 0 Å². The summed E-state index contributed by atoms with van der Waals surface area (Å²) in [6, 6.07) is 27.6. The first-order chi connectivity index (χ1) is 11.8. The van der Waals surface area contributed by atoms with Crippen molar-refractivity contribution in [3.63, 3.8) is 0 Å². The summed E-state index contributed by atoms with van der Waals surface area (Å²) in [6.45, 7) is 9.77. The Labute approximate surface area is 156 Å². The molecule has 1 aromatic heterocycles. The van der Waals surface area contributed by atoms with Crippen LogP contribution in [0.1, 0.15) is 5.56 Å². The lowest BCUT2D eigenvalue weighted by atomic mass is 10.4. The highest BCUT2D eigenvalue weighted by Gasteiger charge is 2.35. The van der Waals surface area contributed by atoms with E-state index in [9.17, 15) is 0 Å². The summed E-state index contributed by atoms with van der Waals surface area (Å²) in [7, 11) is -1.02. The number of hydrogen-bond acceptors (Lipinski definition) is 0. The molecule has 0 aliphatic carbocycles. The van der Waals surface area contributed by atoms with Gasteiger partial charge in [-0.05, 0) is 49.9 Å². The summed E-state index contributed by atoms with van der Waals surface area (Å²) in [5.41, 5.74) is 1.51. The second-order valence-corrected chi connectivity index (χ2v) is 16.2. The monoisotopic (exact) mass is 380 g/mol. The third-order valence-corrected chi connectivity index (χ3v) is 12.4. The minimum absolute atomic E-state index is 0.0938. The Balaban J connectivity index is 2.31. The van der Waals surface area contributed by atoms with Crippen molar-refractivity contribution in [3.05, 3.63) is 78.4 Å². The van der Waals surface area contributed by atoms with Crippen molar-refractivity contribution in [1.82, 2.24) is 0 Å². The topological polar surface area (TPSA) is 0 Å². The molecule has 4 heteroatoms. The molecule has 0 aliphatic rings. The molecule has 0 amide bonds. The average Bonchev–Trinajstić information content (AvgIpc) is 2.62. The molecule has 2 aromatic carbocycles. The number of benzene rings is 2. The van der Waals surface area contributed by atoms with Gasteiger partial charge in [0.2, 0.25) is 0 Å². The van der Waals surface area contributed by atoms with Crippen LogP contribution in [0.25, 0.3) is 0 Å². The van der Waals surface area contributed by atoms with Crippen molar-refractivity contribution in [3.8, 4) is 0 Å². The van der Waals surface area contributed by atoms with Gasteiger partial charge in [-0.1, -0.05) is 75.3 Å². The summed E-state index contributed by atoms with van der Waals surface area (Å²) >= 11 is 0. The molecule has 0 saturated heterocycles. The van der Waals surface area contributed by atoms with Gasteiger partial charge in [0.05, 0.1) is 23.7 Å². The van der Waals surface area contributed by atoms with Gasteiger partial charge in [0, 0.05) is 0 Å². The first kappa shape index (κ1) is 18.6. The maximum atomic E-state index is 2.48. The van der Waals surface area contributed by atoms with Crippen molar-refractivity contribution >= 4 is 51.5 Å². The van der Waals surface area contributed by atoms with E-state index in [0.29, 0.717) is 0 Å². The molecule has 0 nitrogen and oxygen atoms in total. The molecule has 0 radical (unpaired) electrons. The predicted octanol–water partition coefficient (Wildman–Crippen LogP) is 3.69. The molecule has 0 bridgehead atoms. The van der Waals surface area contributed by atoms with Crippen molar-refractivity contribution in [2.75, 3.05) is 0 Å². The first-order valence-electron chi connectivity index (χ1n) is 8.35. The summed E-state index contributed by atoms with van der Waals surface area (Å²) in [5, 5.41) is 4.92. The Morgan fingerprint density at radius 2 is 1.24 bits per heavy atom. The summed E-state index contributed by atoms with van der Waals surface area (Å²) in [5.74, 6) is 0. The van der Waals surface area contributed by atoms with Crippen molar-refractivity contribution in [2.45, 2.75) is 26.6 Å². The van der Waals surface area contributed by atoms with Crippen LogP contribution in [0.3, 0.4) is 0 Å². The summed E-state index contributed by atoms with van der Waals surface area (Å²) in [4.78, 5) is 1.68. The van der Waals surface area contributed by atoms with Gasteiger partial charge < -0.3 is 0 Å². The molecule has 0 unspecified atom stereocenters. The van der Waals surface area contributed by atoms with Crippen LogP contribution in [0.4, 0.5) is 0 Å². The van der Waals surface area contributed by atoms with E-state index < -0.39 is 15.2 Å². The molecule has 3 aromatic rings. The molecular formula is C21H27BP2Si. The van der Waals surface area contributed by atoms with Gasteiger partial charge >= 0.3 is 0 Å². The third-order valence-electron chi connectivity index (χ3n) is 4.08. The standard InChI is InChI=1S/C21H27BP2Si/c1-17-15-16-20(25(2,3)4)23-21(17)24(22,18-11-7-5-8-12-18)19-13-9-6-10-14-19/h5-16H,1-4,22H3. The minimum atomic E-state index is -1.35. The third kappa shape index (κ3) is 3.68. The van der Waals surface area contributed by atoms with E-state index >= 15 is 0 Å². The second-order valence-electron chi connectivity index (χ2n) is 7.09. The largest absolute Gasteiger partial charge is 0.144 e. The van der Waals surface area contributed by atoms with Gasteiger partial charge in [-0.15, -0.1) is 0 Å². The molecule has 0 saturated carbocycles. The lowest BCUT2D eigenvalue weighted by Gasteiger charge is -2.32. The quantitative estimate of drug-likeness (QED) is 0.478. The van der Waals surface area contributed by atoms with Gasteiger partial charge in [0.25, 0.3) is 0 Å². The van der Waals surface area contributed by atoms with E-state index in [4.69, 9.17) is 0 Å². The highest BCUT2D eigenvalue weighted by Crippen LogP contribution is 2.52. The lowest BCUT2D eigenvalue weighted by molar-refractivity contribution is 1.56. The zero-order chi connectivity index (χ0) is 18.1. The fourth-order valence-electron chi connectivity index (χ4n) is 2.71. The van der Waals surface area contributed by atoms with E-state index in [0.717, 1.165) is 0 Å². The van der Waals surface area contributed by atoms with Crippen LogP contribution < -0.4 is 20.6 Å². The molecule has 0 fully saturated rings. The SMILES string of the molecule is [BH3-][P+](c1ccccc1)(c1ccccc1)c1pc([Si](C)(C)C)ccc1C. The van der Waals surface area contributed by atoms with E-state index in [2.05, 4.69) is 99.4 Å². The zero-order valence-electron chi connectivity index (χ0n) is 14.8. The molecule has 0 aliphatic heterocycles. The Bertz CT molecular complexity index is 819. The molecule has 128 valence electrons. The van der Waals surface area contributed by atoms with Crippen LogP contribution in [0.5, 0.6) is 0 Å². The normalized spacial score (nSPS) is 12.5. The van der Waals surface area contributed by atoms with E-state index in [1.165, 1.54) is 13.8 Å². The molecule has 0 atom stereocenters. The van der Waals surface area contributed by atoms with Crippen LogP contribution in [0.2, 0.25) is 19.6 Å². The fourth-order valence-corrected chi connectivity index (χ4v) is 9.45. The van der Waals surface area contributed by atoms with Crippen LogP contribution in [-0.2, 0) is 0 Å². The van der Waals surface area contributed by atoms with Gasteiger partial charge in [-0.25, -0.2) is 0 Å². The summed E-state index contributed by atoms with van der Waals surface area (Å²) < 4.78 is 0. The van der Waals surface area contributed by atoms with E-state index in [1.54, 1.807) is 20.6 Å². The molecule has 3 rings (SSSR count). The van der Waals surface area contributed by atoms with Gasteiger partial charge in [0.15, 0.2) is 0 Å².